The molecule has 0 radical (unpaired) electrons. The van der Waals surface area contributed by atoms with E-state index in [2.05, 4.69) is 10.6 Å². The van der Waals surface area contributed by atoms with Gasteiger partial charge in [-0.15, -0.1) is 0 Å². The van der Waals surface area contributed by atoms with E-state index in [-0.39, 0.29) is 17.3 Å². The third-order valence-corrected chi connectivity index (χ3v) is 3.82. The monoisotopic (exact) mass is 377 g/mol. The molecule has 2 N–H and O–H groups in total. The third kappa shape index (κ3) is 6.02. The van der Waals surface area contributed by atoms with Crippen LogP contribution in [0.1, 0.15) is 18.9 Å². The lowest BCUT2D eigenvalue weighted by Crippen LogP contribution is -2.24. The average molecular weight is 378 g/mol. The summed E-state index contributed by atoms with van der Waals surface area (Å²) < 4.78 is 5.60. The first-order valence-electron chi connectivity index (χ1n) is 8.12. The van der Waals surface area contributed by atoms with E-state index in [4.69, 9.17) is 16.3 Å². The van der Waals surface area contributed by atoms with Gasteiger partial charge >= 0.3 is 5.69 Å². The summed E-state index contributed by atoms with van der Waals surface area (Å²) in [6.07, 6.45) is 0.773. The minimum Gasteiger partial charge on any atom is -0.449 e. The highest BCUT2D eigenvalue weighted by Gasteiger charge is 2.17. The van der Waals surface area contributed by atoms with Crippen molar-refractivity contribution in [2.75, 3.05) is 13.1 Å². The molecular formula is C18H20ClN3O4. The smallest absolute Gasteiger partial charge is 0.311 e. The summed E-state index contributed by atoms with van der Waals surface area (Å²) in [4.78, 5) is 21.6. The molecule has 2 rings (SSSR count). The normalized spacial score (nSPS) is 10.4. The Bertz CT molecular complexity index is 783. The number of halogens is 1. The minimum absolute atomic E-state index is 0.0604. The molecule has 0 unspecified atom stereocenters. The molecule has 0 saturated carbocycles. The van der Waals surface area contributed by atoms with Crippen molar-refractivity contribution >= 4 is 23.2 Å². The molecule has 26 heavy (non-hydrogen) atoms. The topological polar surface area (TPSA) is 93.5 Å². The molecule has 1 amide bonds. The Kier molecular flexibility index (Phi) is 7.37. The van der Waals surface area contributed by atoms with Gasteiger partial charge in [0.15, 0.2) is 0 Å². The van der Waals surface area contributed by atoms with Gasteiger partial charge in [-0.3, -0.25) is 14.9 Å². The molecule has 0 saturated heterocycles. The van der Waals surface area contributed by atoms with Crippen molar-refractivity contribution in [3.05, 3.63) is 63.2 Å². The Labute approximate surface area is 156 Å². The lowest BCUT2D eigenvalue weighted by atomic mass is 10.2. The van der Waals surface area contributed by atoms with Crippen molar-refractivity contribution in [1.29, 1.82) is 0 Å². The van der Waals surface area contributed by atoms with Crippen LogP contribution in [-0.2, 0) is 11.3 Å². The number of ether oxygens (including phenoxy) is 1. The van der Waals surface area contributed by atoms with Crippen molar-refractivity contribution in [1.82, 2.24) is 10.6 Å². The number of nitrogens with one attached hydrogen (secondary N) is 2. The van der Waals surface area contributed by atoms with Gasteiger partial charge in [0.1, 0.15) is 5.75 Å². The van der Waals surface area contributed by atoms with Gasteiger partial charge in [-0.05, 0) is 36.7 Å². The number of amides is 1. The van der Waals surface area contributed by atoms with Crippen LogP contribution in [0, 0.1) is 10.1 Å². The Morgan fingerprint density at radius 3 is 2.65 bits per heavy atom. The Morgan fingerprint density at radius 2 is 1.96 bits per heavy atom. The largest absolute Gasteiger partial charge is 0.449 e. The molecule has 0 bridgehead atoms. The molecule has 2 aromatic carbocycles. The zero-order valence-corrected chi connectivity index (χ0v) is 15.1. The van der Waals surface area contributed by atoms with Crippen LogP contribution >= 0.6 is 11.6 Å². The van der Waals surface area contributed by atoms with Crippen LogP contribution in [0.2, 0.25) is 5.02 Å². The lowest BCUT2D eigenvalue weighted by molar-refractivity contribution is -0.385. The van der Waals surface area contributed by atoms with E-state index in [0.29, 0.717) is 30.4 Å². The Balaban J connectivity index is 1.98. The molecule has 0 heterocycles. The Hall–Kier alpha value is -2.64. The van der Waals surface area contributed by atoms with Gasteiger partial charge < -0.3 is 15.4 Å². The molecule has 0 aliphatic rings. The molecule has 0 spiro atoms. The third-order valence-electron chi connectivity index (χ3n) is 3.51. The number of hydrogen-bond acceptors (Lipinski definition) is 5. The van der Waals surface area contributed by atoms with E-state index in [0.717, 1.165) is 12.0 Å². The van der Waals surface area contributed by atoms with Gasteiger partial charge in [-0.25, -0.2) is 0 Å². The lowest BCUT2D eigenvalue weighted by Gasteiger charge is -2.10. The maximum absolute atomic E-state index is 11.4. The van der Waals surface area contributed by atoms with E-state index in [9.17, 15) is 14.9 Å². The van der Waals surface area contributed by atoms with Crippen LogP contribution in [-0.4, -0.2) is 23.9 Å². The standard InChI is InChI=1S/C18H20ClN3O4/c1-13(23)21-10-4-9-20-12-14-7-8-18(16(11-14)22(24)25)26-17-6-3-2-5-15(17)19/h2-3,5-8,11,20H,4,9-10,12H2,1H3,(H,21,23). The number of nitro groups is 1. The second kappa shape index (κ2) is 9.74. The zero-order chi connectivity index (χ0) is 18.9. The molecule has 8 heteroatoms. The minimum atomic E-state index is -0.480. The fourth-order valence-electron chi connectivity index (χ4n) is 2.26. The first-order valence-corrected chi connectivity index (χ1v) is 8.50. The average Bonchev–Trinajstić information content (AvgIpc) is 2.60. The molecule has 0 aromatic heterocycles. The number of rotatable bonds is 9. The van der Waals surface area contributed by atoms with Gasteiger partial charge in [-0.1, -0.05) is 29.8 Å². The van der Waals surface area contributed by atoms with Crippen molar-refractivity contribution in [2.45, 2.75) is 19.9 Å². The molecule has 0 fully saturated rings. The van der Waals surface area contributed by atoms with Crippen molar-refractivity contribution < 1.29 is 14.5 Å². The highest BCUT2D eigenvalue weighted by atomic mass is 35.5. The van der Waals surface area contributed by atoms with Crippen molar-refractivity contribution in [2.24, 2.45) is 0 Å². The maximum Gasteiger partial charge on any atom is 0.311 e. The van der Waals surface area contributed by atoms with Crippen molar-refractivity contribution in [3.8, 4) is 11.5 Å². The summed E-state index contributed by atoms with van der Waals surface area (Å²) in [5, 5.41) is 17.6. The second-order valence-corrected chi connectivity index (χ2v) is 6.01. The number of hydrogen-bond donors (Lipinski definition) is 2. The van der Waals surface area contributed by atoms with Crippen LogP contribution in [0.25, 0.3) is 0 Å². The molecule has 0 aliphatic heterocycles. The van der Waals surface area contributed by atoms with Crippen LogP contribution in [0.15, 0.2) is 42.5 Å². The van der Waals surface area contributed by atoms with Crippen LogP contribution in [0.4, 0.5) is 5.69 Å². The van der Waals surface area contributed by atoms with Crippen LogP contribution < -0.4 is 15.4 Å². The predicted molar refractivity (Wildman–Crippen MR) is 99.6 cm³/mol. The number of carbonyl (C=O) groups excluding carboxylic acids is 1. The molecule has 2 aromatic rings. The number of benzene rings is 2. The fourth-order valence-corrected chi connectivity index (χ4v) is 2.43. The van der Waals surface area contributed by atoms with Gasteiger partial charge in [0.05, 0.1) is 9.95 Å². The van der Waals surface area contributed by atoms with Crippen LogP contribution in [0.5, 0.6) is 11.5 Å². The first-order chi connectivity index (χ1) is 12.5. The van der Waals surface area contributed by atoms with E-state index < -0.39 is 4.92 Å². The van der Waals surface area contributed by atoms with E-state index in [1.54, 1.807) is 36.4 Å². The summed E-state index contributed by atoms with van der Waals surface area (Å²) in [5.74, 6) is 0.438. The van der Waals surface area contributed by atoms with Gasteiger partial charge in [0.25, 0.3) is 0 Å². The number of carbonyl (C=O) groups is 1. The second-order valence-electron chi connectivity index (χ2n) is 5.60. The summed E-state index contributed by atoms with van der Waals surface area (Å²) in [6, 6.07) is 11.6. The summed E-state index contributed by atoms with van der Waals surface area (Å²) in [5.41, 5.74) is 0.644. The van der Waals surface area contributed by atoms with E-state index >= 15 is 0 Å². The number of nitro benzene ring substituents is 1. The number of nitrogens with zero attached hydrogens (tertiary/aromatic N) is 1. The maximum atomic E-state index is 11.4. The van der Waals surface area contributed by atoms with E-state index in [1.165, 1.54) is 13.0 Å². The zero-order valence-electron chi connectivity index (χ0n) is 14.3. The summed E-state index contributed by atoms with van der Waals surface area (Å²) >= 11 is 6.04. The Morgan fingerprint density at radius 1 is 1.19 bits per heavy atom. The molecule has 0 atom stereocenters. The highest BCUT2D eigenvalue weighted by Crippen LogP contribution is 2.35. The quantitative estimate of drug-likeness (QED) is 0.395. The molecule has 138 valence electrons. The van der Waals surface area contributed by atoms with Gasteiger partial charge in [0.2, 0.25) is 11.7 Å². The van der Waals surface area contributed by atoms with Gasteiger partial charge in [-0.2, -0.15) is 0 Å². The van der Waals surface area contributed by atoms with Crippen LogP contribution in [0.3, 0.4) is 0 Å². The molecule has 7 nitrogen and oxygen atoms in total. The highest BCUT2D eigenvalue weighted by molar-refractivity contribution is 6.32. The summed E-state index contributed by atoms with van der Waals surface area (Å²) in [6.45, 7) is 3.23. The van der Waals surface area contributed by atoms with Crippen molar-refractivity contribution in [3.63, 3.8) is 0 Å². The SMILES string of the molecule is CC(=O)NCCCNCc1ccc(Oc2ccccc2Cl)c([N+](=O)[O-])c1. The van der Waals surface area contributed by atoms with Gasteiger partial charge in [0, 0.05) is 26.1 Å². The first kappa shape index (κ1) is 19.7. The summed E-state index contributed by atoms with van der Waals surface area (Å²) in [7, 11) is 0. The fraction of sp³-hybridized carbons (Fsp3) is 0.278. The number of para-hydroxylation sites is 1. The molecular weight excluding hydrogens is 358 g/mol. The predicted octanol–water partition coefficient (Wildman–Crippen LogP) is 3.66. The van der Waals surface area contributed by atoms with E-state index in [1.807, 2.05) is 0 Å². The molecule has 0 aliphatic carbocycles.